The van der Waals surface area contributed by atoms with Crippen LogP contribution in [0.4, 0.5) is 17.1 Å². The predicted octanol–water partition coefficient (Wildman–Crippen LogP) is 15.2. The molecule has 0 aliphatic heterocycles. The van der Waals surface area contributed by atoms with Crippen LogP contribution < -0.4 is 4.90 Å². The molecule has 0 amide bonds. The first-order valence-corrected chi connectivity index (χ1v) is 20.7. The summed E-state index contributed by atoms with van der Waals surface area (Å²) in [6, 6.07) is 82.9. The minimum atomic E-state index is -0.451. The zero-order valence-corrected chi connectivity index (χ0v) is 33.3. The van der Waals surface area contributed by atoms with E-state index in [1.165, 1.54) is 77.9 Å². The average molecular weight is 754 g/mol. The molecule has 0 radical (unpaired) electrons. The van der Waals surface area contributed by atoms with E-state index < -0.39 is 5.41 Å². The van der Waals surface area contributed by atoms with Crippen LogP contribution in [0.2, 0.25) is 0 Å². The Morgan fingerprint density at radius 2 is 0.746 bits per heavy atom. The van der Waals surface area contributed by atoms with E-state index in [0.29, 0.717) is 0 Å². The molecule has 0 saturated heterocycles. The van der Waals surface area contributed by atoms with Crippen LogP contribution in [0.3, 0.4) is 0 Å². The van der Waals surface area contributed by atoms with E-state index in [1.54, 1.807) is 0 Å². The van der Waals surface area contributed by atoms with Crippen molar-refractivity contribution in [3.63, 3.8) is 0 Å². The summed E-state index contributed by atoms with van der Waals surface area (Å²) >= 11 is 0. The molecule has 0 unspecified atom stereocenters. The third kappa shape index (κ3) is 5.46. The van der Waals surface area contributed by atoms with E-state index in [2.05, 4.69) is 243 Å². The molecular weight excluding hydrogens is 711 g/mol. The van der Waals surface area contributed by atoms with Crippen LogP contribution in [-0.2, 0) is 10.8 Å². The van der Waals surface area contributed by atoms with Crippen LogP contribution in [0.15, 0.2) is 224 Å². The smallest absolute Gasteiger partial charge is 0.0713 e. The second-order valence-corrected chi connectivity index (χ2v) is 16.5. The van der Waals surface area contributed by atoms with Crippen LogP contribution in [0, 0.1) is 0 Å². The topological polar surface area (TPSA) is 3.24 Å². The minimum absolute atomic E-state index is 0.127. The molecular formula is C58H43N. The standard InChI is InChI=1S/C58H43N/c1-57(2)53-27-14-12-25-49(53)51-35-33-48(39-56(51)57)59(46-24-16-19-43(37-46)42-31-29-41(30-32-42)40-17-6-3-7-18-40)47-34-36-55-52(38-47)50-26-13-15-28-54(50)58(55,44-20-8-4-9-21-44)45-22-10-5-11-23-45/h3-39H,1-2H3. The summed E-state index contributed by atoms with van der Waals surface area (Å²) < 4.78 is 0. The highest BCUT2D eigenvalue weighted by Gasteiger charge is 2.46. The molecule has 11 rings (SSSR count). The lowest BCUT2D eigenvalue weighted by Crippen LogP contribution is -2.28. The summed E-state index contributed by atoms with van der Waals surface area (Å²) in [5.41, 5.74) is 20.7. The molecule has 9 aromatic carbocycles. The molecule has 0 heterocycles. The van der Waals surface area contributed by atoms with Crippen molar-refractivity contribution in [1.82, 2.24) is 0 Å². The monoisotopic (exact) mass is 753 g/mol. The maximum atomic E-state index is 2.47. The first kappa shape index (κ1) is 35.0. The SMILES string of the molecule is CC1(C)c2ccccc2-c2ccc(N(c3cccc(-c4ccc(-c5ccccc5)cc4)c3)c3ccc4c(c3)-c3ccccc3C4(c3ccccc3)c3ccccc3)cc21. The minimum Gasteiger partial charge on any atom is -0.310 e. The fourth-order valence-corrected chi connectivity index (χ4v) is 10.2. The lowest BCUT2D eigenvalue weighted by atomic mass is 9.68. The highest BCUT2D eigenvalue weighted by Crippen LogP contribution is 2.57. The van der Waals surface area contributed by atoms with Crippen LogP contribution in [0.5, 0.6) is 0 Å². The van der Waals surface area contributed by atoms with Crippen molar-refractivity contribution in [1.29, 1.82) is 0 Å². The lowest BCUT2D eigenvalue weighted by molar-refractivity contribution is 0.660. The molecule has 0 fully saturated rings. The summed E-state index contributed by atoms with van der Waals surface area (Å²) in [6.07, 6.45) is 0. The molecule has 2 aliphatic rings. The molecule has 0 N–H and O–H groups in total. The largest absolute Gasteiger partial charge is 0.310 e. The fourth-order valence-electron chi connectivity index (χ4n) is 10.2. The van der Waals surface area contributed by atoms with Gasteiger partial charge in [-0.3, -0.25) is 0 Å². The number of hydrogen-bond donors (Lipinski definition) is 0. The first-order valence-electron chi connectivity index (χ1n) is 20.7. The number of nitrogens with zero attached hydrogens (tertiary/aromatic N) is 1. The molecule has 1 heteroatoms. The van der Waals surface area contributed by atoms with Crippen LogP contribution in [0.1, 0.15) is 47.2 Å². The van der Waals surface area contributed by atoms with Crippen molar-refractivity contribution in [3.05, 3.63) is 258 Å². The van der Waals surface area contributed by atoms with Crippen molar-refractivity contribution in [3.8, 4) is 44.5 Å². The maximum absolute atomic E-state index is 2.47. The van der Waals surface area contributed by atoms with Crippen molar-refractivity contribution in [2.75, 3.05) is 4.90 Å². The number of anilines is 3. The molecule has 0 aromatic heterocycles. The predicted molar refractivity (Wildman–Crippen MR) is 247 cm³/mol. The Morgan fingerprint density at radius 1 is 0.288 bits per heavy atom. The van der Waals surface area contributed by atoms with E-state index >= 15 is 0 Å². The van der Waals surface area contributed by atoms with Crippen molar-refractivity contribution >= 4 is 17.1 Å². The Hall–Kier alpha value is -7.22. The number of fused-ring (bicyclic) bond motifs is 6. The molecule has 0 spiro atoms. The van der Waals surface area contributed by atoms with E-state index in [0.717, 1.165) is 17.1 Å². The quantitative estimate of drug-likeness (QED) is 0.157. The number of hydrogen-bond acceptors (Lipinski definition) is 1. The second-order valence-electron chi connectivity index (χ2n) is 16.5. The summed E-state index contributed by atoms with van der Waals surface area (Å²) in [5.74, 6) is 0. The van der Waals surface area contributed by atoms with Crippen LogP contribution in [-0.4, -0.2) is 0 Å². The Balaban J connectivity index is 1.11. The zero-order chi connectivity index (χ0) is 39.6. The molecule has 0 atom stereocenters. The van der Waals surface area contributed by atoms with Gasteiger partial charge in [-0.2, -0.15) is 0 Å². The van der Waals surface area contributed by atoms with Crippen molar-refractivity contribution in [2.45, 2.75) is 24.7 Å². The highest BCUT2D eigenvalue weighted by atomic mass is 15.1. The van der Waals surface area contributed by atoms with Gasteiger partial charge in [0.05, 0.1) is 5.41 Å². The third-order valence-electron chi connectivity index (χ3n) is 13.0. The van der Waals surface area contributed by atoms with Crippen LogP contribution in [0.25, 0.3) is 44.5 Å². The average Bonchev–Trinajstić information content (AvgIpc) is 3.73. The summed E-state index contributed by atoms with van der Waals surface area (Å²) in [7, 11) is 0. The second kappa shape index (κ2) is 13.7. The molecule has 1 nitrogen and oxygen atoms in total. The molecule has 280 valence electrons. The molecule has 9 aromatic rings. The van der Waals surface area contributed by atoms with E-state index in [1.807, 2.05) is 0 Å². The Morgan fingerprint density at radius 3 is 1.42 bits per heavy atom. The van der Waals surface area contributed by atoms with Gasteiger partial charge in [-0.15, -0.1) is 0 Å². The molecule has 2 aliphatic carbocycles. The number of benzene rings is 9. The Bertz CT molecular complexity index is 2960. The van der Waals surface area contributed by atoms with Gasteiger partial charge in [0, 0.05) is 22.5 Å². The van der Waals surface area contributed by atoms with E-state index in [-0.39, 0.29) is 5.41 Å². The fraction of sp³-hybridized carbons (Fsp3) is 0.0690. The molecule has 0 bridgehead atoms. The van der Waals surface area contributed by atoms with Crippen LogP contribution >= 0.6 is 0 Å². The highest BCUT2D eigenvalue weighted by molar-refractivity contribution is 5.92. The Labute approximate surface area is 347 Å². The summed E-state index contributed by atoms with van der Waals surface area (Å²) in [4.78, 5) is 2.47. The van der Waals surface area contributed by atoms with Gasteiger partial charge < -0.3 is 4.90 Å². The summed E-state index contributed by atoms with van der Waals surface area (Å²) in [5, 5.41) is 0. The van der Waals surface area contributed by atoms with Gasteiger partial charge in [-0.25, -0.2) is 0 Å². The summed E-state index contributed by atoms with van der Waals surface area (Å²) in [6.45, 7) is 4.73. The molecule has 0 saturated carbocycles. The van der Waals surface area contributed by atoms with Gasteiger partial charge in [0.25, 0.3) is 0 Å². The number of rotatable bonds is 7. The van der Waals surface area contributed by atoms with Crippen molar-refractivity contribution < 1.29 is 0 Å². The van der Waals surface area contributed by atoms with Gasteiger partial charge >= 0.3 is 0 Å². The maximum Gasteiger partial charge on any atom is 0.0713 e. The first-order chi connectivity index (χ1) is 29.0. The van der Waals surface area contributed by atoms with Gasteiger partial charge in [0.1, 0.15) is 0 Å². The third-order valence-corrected chi connectivity index (χ3v) is 13.0. The normalized spacial score (nSPS) is 13.9. The van der Waals surface area contributed by atoms with Crippen molar-refractivity contribution in [2.24, 2.45) is 0 Å². The lowest BCUT2D eigenvalue weighted by Gasteiger charge is -2.34. The van der Waals surface area contributed by atoms with Gasteiger partial charge in [0.15, 0.2) is 0 Å². The van der Waals surface area contributed by atoms with Gasteiger partial charge in [0.2, 0.25) is 0 Å². The Kier molecular flexibility index (Phi) is 8.13. The van der Waals surface area contributed by atoms with Gasteiger partial charge in [-0.1, -0.05) is 202 Å². The zero-order valence-electron chi connectivity index (χ0n) is 33.3. The molecule has 59 heavy (non-hydrogen) atoms. The van der Waals surface area contributed by atoms with Gasteiger partial charge in [-0.05, 0) is 114 Å². The van der Waals surface area contributed by atoms with E-state index in [4.69, 9.17) is 0 Å². The van der Waals surface area contributed by atoms with E-state index in [9.17, 15) is 0 Å².